The number of esters is 1. The number of rotatable bonds is 6. The fraction of sp³-hybridized carbons (Fsp3) is 0.750. The van der Waals surface area contributed by atoms with Crippen LogP contribution in [0.25, 0.3) is 0 Å². The molecular weight excluding hydrogens is 464 g/mol. The SMILES string of the molecule is CC(C(O)O)C1CC2=CC(=O)C=C[C@]2(C)[C@H]2CC[C@]3(C)[C@@H](C(=O)CSC4CCC(=O)O4)CC[C@H]3[C@H]12. The fourth-order valence-electron chi connectivity index (χ4n) is 8.44. The molecule has 1 heterocycles. The standard InChI is InChI=1S/C28H38O6S/c1-15(26(32)33)18-13-16-12-17(29)8-10-27(16,2)21-9-11-28(3)19(4-5-20(28)25(18)21)22(30)14-35-24-7-6-23(31)34-24/h8,10,12,15,18-21,24-26,32-33H,4-7,9,11,13-14H2,1-3H3/t15?,18?,19-,20+,21+,24?,25+,27+,28-/m1/s1. The Morgan fingerprint density at radius 3 is 2.63 bits per heavy atom. The van der Waals surface area contributed by atoms with Gasteiger partial charge in [0.15, 0.2) is 12.1 Å². The molecule has 0 aromatic carbocycles. The first-order valence-corrected chi connectivity index (χ1v) is 14.2. The lowest BCUT2D eigenvalue weighted by atomic mass is 9.44. The van der Waals surface area contributed by atoms with Crippen molar-refractivity contribution < 1.29 is 29.3 Å². The van der Waals surface area contributed by atoms with Crippen molar-refractivity contribution in [2.75, 3.05) is 5.75 Å². The van der Waals surface area contributed by atoms with Crippen molar-refractivity contribution in [3.63, 3.8) is 0 Å². The van der Waals surface area contributed by atoms with E-state index in [-0.39, 0.29) is 57.5 Å². The number of carbonyl (C=O) groups is 3. The summed E-state index contributed by atoms with van der Waals surface area (Å²) in [4.78, 5) is 37.1. The highest BCUT2D eigenvalue weighted by Gasteiger charge is 2.62. The lowest BCUT2D eigenvalue weighted by Gasteiger charge is -2.60. The molecule has 35 heavy (non-hydrogen) atoms. The molecule has 3 saturated carbocycles. The van der Waals surface area contributed by atoms with E-state index in [2.05, 4.69) is 19.9 Å². The average Bonchev–Trinajstić information content (AvgIpc) is 3.39. The third-order valence-electron chi connectivity index (χ3n) is 10.4. The first-order chi connectivity index (χ1) is 16.5. The molecule has 5 rings (SSSR count). The summed E-state index contributed by atoms with van der Waals surface area (Å²) < 4.78 is 5.30. The van der Waals surface area contributed by atoms with Crippen LogP contribution in [0.15, 0.2) is 23.8 Å². The number of hydrogen-bond acceptors (Lipinski definition) is 7. The van der Waals surface area contributed by atoms with Crippen LogP contribution in [-0.2, 0) is 19.1 Å². The molecule has 4 aliphatic carbocycles. The summed E-state index contributed by atoms with van der Waals surface area (Å²) in [6.07, 6.45) is 9.75. The molecule has 1 aliphatic heterocycles. The number of aliphatic hydroxyl groups excluding tert-OH is 1. The number of hydrogen-bond donors (Lipinski definition) is 2. The molecule has 192 valence electrons. The fourth-order valence-corrected chi connectivity index (χ4v) is 9.45. The summed E-state index contributed by atoms with van der Waals surface area (Å²) in [5, 5.41) is 20.4. The Morgan fingerprint density at radius 2 is 1.94 bits per heavy atom. The molecule has 4 fully saturated rings. The number of fused-ring (bicyclic) bond motifs is 5. The second-order valence-electron chi connectivity index (χ2n) is 12.0. The average molecular weight is 503 g/mol. The lowest BCUT2D eigenvalue weighted by molar-refractivity contribution is -0.144. The number of carbonyl (C=O) groups excluding carboxylic acids is 3. The van der Waals surface area contributed by atoms with Gasteiger partial charge in [0.1, 0.15) is 11.2 Å². The Balaban J connectivity index is 1.41. The largest absolute Gasteiger partial charge is 0.451 e. The molecule has 1 saturated heterocycles. The zero-order valence-electron chi connectivity index (χ0n) is 20.9. The number of Topliss-reactive ketones (excluding diaryl/α,β-unsaturated/α-hetero) is 1. The van der Waals surface area contributed by atoms with Crippen LogP contribution in [0.3, 0.4) is 0 Å². The number of ether oxygens (including phenoxy) is 1. The molecule has 0 amide bonds. The molecule has 7 heteroatoms. The highest BCUT2D eigenvalue weighted by atomic mass is 32.2. The van der Waals surface area contributed by atoms with Crippen molar-refractivity contribution in [3.05, 3.63) is 23.8 Å². The highest BCUT2D eigenvalue weighted by molar-refractivity contribution is 8.00. The number of thioether (sulfide) groups is 1. The van der Waals surface area contributed by atoms with Crippen LogP contribution in [0.4, 0.5) is 0 Å². The van der Waals surface area contributed by atoms with E-state index < -0.39 is 6.29 Å². The summed E-state index contributed by atoms with van der Waals surface area (Å²) in [7, 11) is 0. The zero-order valence-corrected chi connectivity index (χ0v) is 21.8. The normalized spacial score (nSPS) is 43.3. The van der Waals surface area contributed by atoms with Crippen LogP contribution in [0, 0.1) is 46.3 Å². The van der Waals surface area contributed by atoms with Gasteiger partial charge in [-0.15, -0.1) is 11.8 Å². The van der Waals surface area contributed by atoms with Gasteiger partial charge < -0.3 is 14.9 Å². The van der Waals surface area contributed by atoms with Gasteiger partial charge in [0.05, 0.1) is 5.75 Å². The Labute approximate surface area is 211 Å². The lowest BCUT2D eigenvalue weighted by Crippen LogP contribution is -2.55. The molecule has 0 radical (unpaired) electrons. The molecule has 5 aliphatic rings. The number of ketones is 2. The molecule has 0 aromatic rings. The van der Waals surface area contributed by atoms with Crippen LogP contribution in [0.2, 0.25) is 0 Å². The summed E-state index contributed by atoms with van der Waals surface area (Å²) in [5.41, 5.74) is 0.615. The third kappa shape index (κ3) is 4.15. The predicted molar refractivity (Wildman–Crippen MR) is 133 cm³/mol. The second-order valence-corrected chi connectivity index (χ2v) is 13.2. The molecule has 3 unspecified atom stereocenters. The van der Waals surface area contributed by atoms with Gasteiger partial charge in [0.2, 0.25) is 0 Å². The van der Waals surface area contributed by atoms with Crippen molar-refractivity contribution in [2.24, 2.45) is 46.3 Å². The van der Waals surface area contributed by atoms with E-state index in [9.17, 15) is 24.6 Å². The van der Waals surface area contributed by atoms with Gasteiger partial charge in [-0.25, -0.2) is 0 Å². The highest BCUT2D eigenvalue weighted by Crippen LogP contribution is 2.68. The smallest absolute Gasteiger partial charge is 0.307 e. The van der Waals surface area contributed by atoms with Crippen molar-refractivity contribution in [1.82, 2.24) is 0 Å². The first-order valence-electron chi connectivity index (χ1n) is 13.2. The van der Waals surface area contributed by atoms with E-state index >= 15 is 0 Å². The first kappa shape index (κ1) is 25.2. The Bertz CT molecular complexity index is 970. The second kappa shape index (κ2) is 9.14. The molecule has 9 atom stereocenters. The maximum atomic E-state index is 13.5. The monoisotopic (exact) mass is 502 g/mol. The minimum atomic E-state index is -1.40. The summed E-state index contributed by atoms with van der Waals surface area (Å²) in [5.74, 6) is 1.14. The summed E-state index contributed by atoms with van der Waals surface area (Å²) in [6.45, 7) is 6.45. The molecule has 0 aromatic heterocycles. The topological polar surface area (TPSA) is 101 Å². The van der Waals surface area contributed by atoms with Crippen molar-refractivity contribution in [2.45, 2.75) is 77.4 Å². The van der Waals surface area contributed by atoms with Crippen LogP contribution >= 0.6 is 11.8 Å². The maximum Gasteiger partial charge on any atom is 0.307 e. The third-order valence-corrected chi connectivity index (χ3v) is 11.6. The molecular formula is C28H38O6S. The molecule has 0 bridgehead atoms. The van der Waals surface area contributed by atoms with E-state index in [0.717, 1.165) is 31.3 Å². The van der Waals surface area contributed by atoms with Crippen LogP contribution in [0.5, 0.6) is 0 Å². The number of cyclic esters (lactones) is 1. The van der Waals surface area contributed by atoms with Gasteiger partial charge in [0, 0.05) is 30.1 Å². The number of allylic oxidation sites excluding steroid dienone is 4. The van der Waals surface area contributed by atoms with E-state index in [4.69, 9.17) is 4.74 Å². The van der Waals surface area contributed by atoms with Crippen LogP contribution < -0.4 is 0 Å². The van der Waals surface area contributed by atoms with Gasteiger partial charge in [-0.1, -0.05) is 32.4 Å². The predicted octanol–water partition coefficient (Wildman–Crippen LogP) is 4.05. The Kier molecular flexibility index (Phi) is 6.59. The van der Waals surface area contributed by atoms with Crippen molar-refractivity contribution >= 4 is 29.3 Å². The van der Waals surface area contributed by atoms with Crippen LogP contribution in [0.1, 0.15) is 65.7 Å². The zero-order chi connectivity index (χ0) is 25.1. The minimum Gasteiger partial charge on any atom is -0.451 e. The van der Waals surface area contributed by atoms with E-state index in [1.807, 2.05) is 6.92 Å². The van der Waals surface area contributed by atoms with E-state index in [1.54, 1.807) is 12.2 Å². The summed E-state index contributed by atoms with van der Waals surface area (Å²) in [6, 6.07) is 0. The van der Waals surface area contributed by atoms with Crippen molar-refractivity contribution in [1.29, 1.82) is 0 Å². The van der Waals surface area contributed by atoms with Gasteiger partial charge in [-0.2, -0.15) is 0 Å². The molecule has 2 N–H and O–H groups in total. The van der Waals surface area contributed by atoms with E-state index in [0.29, 0.717) is 36.9 Å². The van der Waals surface area contributed by atoms with Gasteiger partial charge in [-0.05, 0) is 73.3 Å². The number of aliphatic hydroxyl groups is 2. The van der Waals surface area contributed by atoms with Gasteiger partial charge in [-0.3, -0.25) is 14.4 Å². The summed E-state index contributed by atoms with van der Waals surface area (Å²) >= 11 is 1.46. The minimum absolute atomic E-state index is 0.0127. The van der Waals surface area contributed by atoms with Gasteiger partial charge >= 0.3 is 5.97 Å². The Hall–Kier alpha value is -1.44. The quantitative estimate of drug-likeness (QED) is 0.417. The van der Waals surface area contributed by atoms with Crippen LogP contribution in [-0.4, -0.2) is 45.2 Å². The molecule has 6 nitrogen and oxygen atoms in total. The van der Waals surface area contributed by atoms with Gasteiger partial charge in [0.25, 0.3) is 0 Å². The Morgan fingerprint density at radius 1 is 1.17 bits per heavy atom. The maximum absolute atomic E-state index is 13.5. The van der Waals surface area contributed by atoms with E-state index in [1.165, 1.54) is 11.8 Å². The molecule has 0 spiro atoms. The van der Waals surface area contributed by atoms with Crippen molar-refractivity contribution in [3.8, 4) is 0 Å².